The third kappa shape index (κ3) is 3.55. The van der Waals surface area contributed by atoms with Crippen LogP contribution in [0.4, 0.5) is 29.7 Å². The SMILES string of the molecule is CCC(=S)NC[C@H]1CN(c2cc(F)c(N3CCOC3=O)c(F)c2)C(=O)O1. The van der Waals surface area contributed by atoms with Crippen molar-refractivity contribution in [1.82, 2.24) is 5.32 Å². The summed E-state index contributed by atoms with van der Waals surface area (Å²) in [5.74, 6) is -1.92. The van der Waals surface area contributed by atoms with Gasteiger partial charge in [0.2, 0.25) is 0 Å². The Bertz CT molecular complexity index is 738. The number of anilines is 2. The number of halogens is 2. The fourth-order valence-electron chi connectivity index (χ4n) is 2.75. The van der Waals surface area contributed by atoms with E-state index in [1.54, 1.807) is 0 Å². The Morgan fingerprint density at radius 2 is 1.96 bits per heavy atom. The van der Waals surface area contributed by atoms with E-state index >= 15 is 0 Å². The number of rotatable bonds is 5. The quantitative estimate of drug-likeness (QED) is 0.786. The van der Waals surface area contributed by atoms with Crippen LogP contribution in [0.1, 0.15) is 13.3 Å². The van der Waals surface area contributed by atoms with E-state index in [1.807, 2.05) is 6.92 Å². The van der Waals surface area contributed by atoms with E-state index in [0.29, 0.717) is 18.0 Å². The van der Waals surface area contributed by atoms with Gasteiger partial charge in [-0.15, -0.1) is 0 Å². The number of hydrogen-bond donors (Lipinski definition) is 1. The van der Waals surface area contributed by atoms with Crippen molar-refractivity contribution in [2.45, 2.75) is 19.4 Å². The molecule has 0 spiro atoms. The molecule has 2 aliphatic rings. The van der Waals surface area contributed by atoms with Crippen LogP contribution in [0.3, 0.4) is 0 Å². The highest BCUT2D eigenvalue weighted by atomic mass is 32.1. The lowest BCUT2D eigenvalue weighted by Gasteiger charge is -2.18. The highest BCUT2D eigenvalue weighted by Crippen LogP contribution is 2.32. The van der Waals surface area contributed by atoms with Gasteiger partial charge < -0.3 is 14.8 Å². The molecule has 0 bridgehead atoms. The standard InChI is InChI=1S/C16H17F2N3O4S/c1-2-13(26)19-7-10-8-21(16(23)25-10)9-5-11(17)14(12(18)6-9)20-3-4-24-15(20)22/h5-6,10H,2-4,7-8H2,1H3,(H,19,26)/t10-/m0/s1. The first-order chi connectivity index (χ1) is 12.4. The van der Waals surface area contributed by atoms with Crippen molar-refractivity contribution in [2.24, 2.45) is 0 Å². The number of cyclic esters (lactones) is 2. The lowest BCUT2D eigenvalue weighted by Crippen LogP contribution is -2.33. The lowest BCUT2D eigenvalue weighted by atomic mass is 10.2. The summed E-state index contributed by atoms with van der Waals surface area (Å²) < 4.78 is 38.7. The summed E-state index contributed by atoms with van der Waals surface area (Å²) in [4.78, 5) is 26.2. The molecule has 2 heterocycles. The van der Waals surface area contributed by atoms with E-state index in [-0.39, 0.29) is 25.4 Å². The van der Waals surface area contributed by atoms with Crippen molar-refractivity contribution in [3.8, 4) is 0 Å². The first-order valence-electron chi connectivity index (χ1n) is 8.09. The van der Waals surface area contributed by atoms with Gasteiger partial charge in [-0.3, -0.25) is 9.80 Å². The molecule has 0 aliphatic carbocycles. The van der Waals surface area contributed by atoms with E-state index in [0.717, 1.165) is 21.9 Å². The van der Waals surface area contributed by atoms with Gasteiger partial charge in [0, 0.05) is 12.1 Å². The van der Waals surface area contributed by atoms with Crippen LogP contribution < -0.4 is 15.1 Å². The number of carbonyl (C=O) groups excluding carboxylic acids is 2. The van der Waals surface area contributed by atoms with Crippen LogP contribution in [0.5, 0.6) is 0 Å². The molecule has 7 nitrogen and oxygen atoms in total. The lowest BCUT2D eigenvalue weighted by molar-refractivity contribution is 0.143. The molecule has 0 saturated carbocycles. The molecular weight excluding hydrogens is 368 g/mol. The maximum Gasteiger partial charge on any atom is 0.414 e. The molecule has 0 radical (unpaired) electrons. The topological polar surface area (TPSA) is 71.1 Å². The average Bonchev–Trinajstić information content (AvgIpc) is 3.18. The number of ether oxygens (including phenoxy) is 2. The van der Waals surface area contributed by atoms with Crippen molar-refractivity contribution >= 4 is 40.8 Å². The molecule has 1 atom stereocenters. The highest BCUT2D eigenvalue weighted by molar-refractivity contribution is 7.80. The van der Waals surface area contributed by atoms with E-state index in [4.69, 9.17) is 21.7 Å². The molecule has 0 unspecified atom stereocenters. The molecule has 26 heavy (non-hydrogen) atoms. The summed E-state index contributed by atoms with van der Waals surface area (Å²) in [5, 5.41) is 2.96. The molecule has 2 aliphatic heterocycles. The zero-order valence-electron chi connectivity index (χ0n) is 14.0. The second-order valence-electron chi connectivity index (χ2n) is 5.80. The molecule has 10 heteroatoms. The Labute approximate surface area is 153 Å². The summed E-state index contributed by atoms with van der Waals surface area (Å²) >= 11 is 5.05. The molecule has 2 saturated heterocycles. The normalized spacial score (nSPS) is 19.6. The maximum atomic E-state index is 14.4. The van der Waals surface area contributed by atoms with Gasteiger partial charge in [0.1, 0.15) is 18.4 Å². The molecule has 1 aromatic rings. The third-order valence-corrected chi connectivity index (χ3v) is 4.50. The van der Waals surface area contributed by atoms with Gasteiger partial charge in [-0.25, -0.2) is 18.4 Å². The number of nitrogens with one attached hydrogen (secondary N) is 1. The Balaban J connectivity index is 1.76. The third-order valence-electron chi connectivity index (χ3n) is 4.07. The molecule has 0 aromatic heterocycles. The number of benzene rings is 1. The average molecular weight is 385 g/mol. The monoisotopic (exact) mass is 385 g/mol. The fourth-order valence-corrected chi connectivity index (χ4v) is 2.84. The van der Waals surface area contributed by atoms with Gasteiger partial charge in [-0.05, 0) is 6.42 Å². The maximum absolute atomic E-state index is 14.4. The summed E-state index contributed by atoms with van der Waals surface area (Å²) in [6, 6.07) is 2.00. The Morgan fingerprint density at radius 3 is 2.54 bits per heavy atom. The number of nitrogens with zero attached hydrogens (tertiary/aromatic N) is 2. The van der Waals surface area contributed by atoms with Crippen molar-refractivity contribution in [2.75, 3.05) is 36.0 Å². The summed E-state index contributed by atoms with van der Waals surface area (Å²) in [6.45, 7) is 2.46. The minimum Gasteiger partial charge on any atom is -0.447 e. The Morgan fingerprint density at radius 1 is 1.27 bits per heavy atom. The van der Waals surface area contributed by atoms with Crippen LogP contribution >= 0.6 is 12.2 Å². The molecule has 1 N–H and O–H groups in total. The van der Waals surface area contributed by atoms with Gasteiger partial charge >= 0.3 is 12.2 Å². The predicted molar refractivity (Wildman–Crippen MR) is 93.6 cm³/mol. The first kappa shape index (κ1) is 18.3. The summed E-state index contributed by atoms with van der Waals surface area (Å²) in [6.07, 6.45) is -1.34. The van der Waals surface area contributed by atoms with Crippen molar-refractivity contribution in [3.63, 3.8) is 0 Å². The zero-order chi connectivity index (χ0) is 18.8. The second-order valence-corrected chi connectivity index (χ2v) is 6.29. The van der Waals surface area contributed by atoms with Crippen LogP contribution in [0.25, 0.3) is 0 Å². The number of carbonyl (C=O) groups is 2. The molecule has 2 fully saturated rings. The van der Waals surface area contributed by atoms with Gasteiger partial charge in [0.05, 0.1) is 30.3 Å². The molecule has 2 amide bonds. The van der Waals surface area contributed by atoms with E-state index in [1.165, 1.54) is 0 Å². The van der Waals surface area contributed by atoms with E-state index in [2.05, 4.69) is 5.32 Å². The minimum atomic E-state index is -0.958. The van der Waals surface area contributed by atoms with Crippen molar-refractivity contribution in [3.05, 3.63) is 23.8 Å². The van der Waals surface area contributed by atoms with Crippen LogP contribution in [-0.2, 0) is 9.47 Å². The predicted octanol–water partition coefficient (Wildman–Crippen LogP) is 2.57. The van der Waals surface area contributed by atoms with Gasteiger partial charge in [-0.1, -0.05) is 19.1 Å². The molecule has 3 rings (SSSR count). The van der Waals surface area contributed by atoms with Crippen molar-refractivity contribution < 1.29 is 27.8 Å². The fraction of sp³-hybridized carbons (Fsp3) is 0.438. The Kier molecular flexibility index (Phi) is 5.21. The number of thiocarbonyl (C=S) groups is 1. The largest absolute Gasteiger partial charge is 0.447 e. The van der Waals surface area contributed by atoms with Crippen LogP contribution in [0.2, 0.25) is 0 Å². The number of hydrogen-bond acceptors (Lipinski definition) is 5. The van der Waals surface area contributed by atoms with E-state index < -0.39 is 35.6 Å². The second kappa shape index (κ2) is 7.40. The molecule has 1 aromatic carbocycles. The van der Waals surface area contributed by atoms with Crippen LogP contribution in [0, 0.1) is 11.6 Å². The molecular formula is C16H17F2N3O4S. The molecule has 140 valence electrons. The number of amides is 2. The minimum absolute atomic E-state index is 0.0156. The summed E-state index contributed by atoms with van der Waals surface area (Å²) in [7, 11) is 0. The first-order valence-corrected chi connectivity index (χ1v) is 8.49. The smallest absolute Gasteiger partial charge is 0.414 e. The zero-order valence-corrected chi connectivity index (χ0v) is 14.8. The van der Waals surface area contributed by atoms with Gasteiger partial charge in [-0.2, -0.15) is 0 Å². The summed E-state index contributed by atoms with van der Waals surface area (Å²) in [5.41, 5.74) is -0.475. The highest BCUT2D eigenvalue weighted by Gasteiger charge is 2.35. The van der Waals surface area contributed by atoms with Crippen LogP contribution in [0.15, 0.2) is 12.1 Å². The van der Waals surface area contributed by atoms with Gasteiger partial charge in [0.25, 0.3) is 0 Å². The van der Waals surface area contributed by atoms with Crippen molar-refractivity contribution in [1.29, 1.82) is 0 Å². The van der Waals surface area contributed by atoms with Gasteiger partial charge in [0.15, 0.2) is 11.6 Å². The van der Waals surface area contributed by atoms with Crippen LogP contribution in [-0.4, -0.2) is 49.5 Å². The Hall–Kier alpha value is -2.49. The van der Waals surface area contributed by atoms with E-state index in [9.17, 15) is 18.4 Å².